The zero-order valence-electron chi connectivity index (χ0n) is 14.4. The largest absolute Gasteiger partial charge is 0.342 e. The zero-order valence-corrected chi connectivity index (χ0v) is 15.3. The average Bonchev–Trinajstić information content (AvgIpc) is 3.17. The van der Waals surface area contributed by atoms with Crippen molar-refractivity contribution >= 4 is 23.6 Å². The Bertz CT molecular complexity index is 647. The van der Waals surface area contributed by atoms with Gasteiger partial charge in [0.1, 0.15) is 5.03 Å². The molecule has 142 valence electrons. The Morgan fingerprint density at radius 3 is 2.42 bits per heavy atom. The number of piperazine rings is 1. The van der Waals surface area contributed by atoms with Crippen LogP contribution in [0.2, 0.25) is 0 Å². The van der Waals surface area contributed by atoms with E-state index >= 15 is 0 Å². The first-order chi connectivity index (χ1) is 12.5. The number of likely N-dealkylation sites (tertiary alicyclic amines) is 1. The van der Waals surface area contributed by atoms with E-state index in [-0.39, 0.29) is 34.2 Å². The molecule has 2 saturated heterocycles. The van der Waals surface area contributed by atoms with Crippen LogP contribution in [0.5, 0.6) is 0 Å². The molecule has 0 radical (unpaired) electrons. The minimum atomic E-state index is -2.62. The molecule has 2 amide bonds. The molecule has 2 aliphatic rings. The van der Waals surface area contributed by atoms with Crippen molar-refractivity contribution in [3.8, 4) is 0 Å². The molecule has 0 N–H and O–H groups in total. The molecular formula is C17H22F2N4O2S. The van der Waals surface area contributed by atoms with Crippen LogP contribution in [-0.4, -0.2) is 83.1 Å². The second kappa shape index (κ2) is 8.77. The minimum Gasteiger partial charge on any atom is -0.342 e. The normalized spacial score (nSPS) is 18.6. The van der Waals surface area contributed by atoms with Gasteiger partial charge in [-0.05, 0) is 36.7 Å². The molecule has 9 heteroatoms. The highest BCUT2D eigenvalue weighted by Crippen LogP contribution is 2.27. The Labute approximate surface area is 155 Å². The Morgan fingerprint density at radius 2 is 1.77 bits per heavy atom. The fourth-order valence-electron chi connectivity index (χ4n) is 3.27. The number of halogens is 2. The predicted molar refractivity (Wildman–Crippen MR) is 94.3 cm³/mol. The Balaban J connectivity index is 1.54. The second-order valence-corrected chi connectivity index (χ2v) is 7.37. The van der Waals surface area contributed by atoms with Crippen molar-refractivity contribution in [3.05, 3.63) is 23.9 Å². The molecule has 6 nitrogen and oxygen atoms in total. The van der Waals surface area contributed by atoms with Crippen LogP contribution in [0.25, 0.3) is 0 Å². The van der Waals surface area contributed by atoms with Crippen LogP contribution in [-0.2, 0) is 4.79 Å². The first-order valence-electron chi connectivity index (χ1n) is 8.74. The third-order valence-electron chi connectivity index (χ3n) is 4.68. The Kier molecular flexibility index (Phi) is 6.42. The number of pyridine rings is 1. The van der Waals surface area contributed by atoms with Gasteiger partial charge in [-0.15, -0.1) is 0 Å². The lowest BCUT2D eigenvalue weighted by atomic mass is 10.2. The summed E-state index contributed by atoms with van der Waals surface area (Å²) in [5.74, 6) is -2.76. The number of amides is 2. The van der Waals surface area contributed by atoms with E-state index in [0.717, 1.165) is 25.9 Å². The first-order valence-corrected chi connectivity index (χ1v) is 9.62. The number of carbonyl (C=O) groups excluding carboxylic acids is 2. The lowest BCUT2D eigenvalue weighted by Crippen LogP contribution is -2.51. The van der Waals surface area contributed by atoms with Crippen molar-refractivity contribution in [2.24, 2.45) is 0 Å². The van der Waals surface area contributed by atoms with Crippen molar-refractivity contribution in [1.82, 2.24) is 19.7 Å². The van der Waals surface area contributed by atoms with E-state index in [0.29, 0.717) is 32.7 Å². The van der Waals surface area contributed by atoms with Gasteiger partial charge in [0, 0.05) is 45.5 Å². The number of carbonyl (C=O) groups is 2. The molecule has 1 aromatic heterocycles. The quantitative estimate of drug-likeness (QED) is 0.725. The maximum atomic E-state index is 12.7. The predicted octanol–water partition coefficient (Wildman–Crippen LogP) is 1.78. The van der Waals surface area contributed by atoms with E-state index < -0.39 is 5.76 Å². The zero-order chi connectivity index (χ0) is 18.5. The van der Waals surface area contributed by atoms with Gasteiger partial charge in [-0.3, -0.25) is 14.5 Å². The van der Waals surface area contributed by atoms with Gasteiger partial charge < -0.3 is 9.80 Å². The summed E-state index contributed by atoms with van der Waals surface area (Å²) in [7, 11) is 0. The highest BCUT2D eigenvalue weighted by atomic mass is 32.2. The van der Waals surface area contributed by atoms with Crippen LogP contribution in [0, 0.1) is 0 Å². The van der Waals surface area contributed by atoms with Gasteiger partial charge in [0.15, 0.2) is 0 Å². The van der Waals surface area contributed by atoms with Gasteiger partial charge in [0.25, 0.3) is 11.7 Å². The number of rotatable bonds is 5. The maximum absolute atomic E-state index is 12.7. The summed E-state index contributed by atoms with van der Waals surface area (Å²) in [6.45, 7) is 4.19. The molecule has 1 aromatic rings. The molecule has 0 saturated carbocycles. The smallest absolute Gasteiger partial charge is 0.290 e. The van der Waals surface area contributed by atoms with E-state index in [2.05, 4.69) is 4.98 Å². The summed E-state index contributed by atoms with van der Waals surface area (Å²) < 4.78 is 25.3. The highest BCUT2D eigenvalue weighted by molar-refractivity contribution is 7.99. The van der Waals surface area contributed by atoms with Crippen LogP contribution in [0.3, 0.4) is 0 Å². The molecule has 0 atom stereocenters. The average molecular weight is 384 g/mol. The molecule has 0 unspecified atom stereocenters. The standard InChI is InChI=1S/C17H22F2N4O2S/c18-17(19)26-15-13(4-3-5-20-15)16(25)23-10-8-21(9-11-23)12-14(24)22-6-1-2-7-22/h3-5,17H,1-2,6-12H2. The second-order valence-electron chi connectivity index (χ2n) is 6.39. The van der Waals surface area contributed by atoms with E-state index in [1.165, 1.54) is 12.3 Å². The summed E-state index contributed by atoms with van der Waals surface area (Å²) in [6.07, 6.45) is 3.54. The van der Waals surface area contributed by atoms with Gasteiger partial charge >= 0.3 is 0 Å². The molecule has 26 heavy (non-hydrogen) atoms. The molecule has 0 bridgehead atoms. The van der Waals surface area contributed by atoms with Gasteiger partial charge in [-0.25, -0.2) is 4.98 Å². The molecule has 0 aliphatic carbocycles. The number of hydrogen-bond acceptors (Lipinski definition) is 5. The van der Waals surface area contributed by atoms with Gasteiger partial charge in [-0.1, -0.05) is 0 Å². The van der Waals surface area contributed by atoms with Crippen molar-refractivity contribution < 1.29 is 18.4 Å². The number of alkyl halides is 2. The molecule has 0 aromatic carbocycles. The maximum Gasteiger partial charge on any atom is 0.290 e. The third-order valence-corrected chi connectivity index (χ3v) is 5.41. The van der Waals surface area contributed by atoms with Crippen molar-refractivity contribution in [1.29, 1.82) is 0 Å². The molecule has 2 aliphatic heterocycles. The fourth-order valence-corrected chi connectivity index (χ4v) is 3.84. The van der Waals surface area contributed by atoms with Crippen LogP contribution in [0.15, 0.2) is 23.4 Å². The van der Waals surface area contributed by atoms with Crippen molar-refractivity contribution in [2.45, 2.75) is 23.6 Å². The number of thioether (sulfide) groups is 1. The van der Waals surface area contributed by atoms with E-state index in [9.17, 15) is 18.4 Å². The van der Waals surface area contributed by atoms with Gasteiger partial charge in [0.05, 0.1) is 12.1 Å². The van der Waals surface area contributed by atoms with Gasteiger partial charge in [-0.2, -0.15) is 8.78 Å². The van der Waals surface area contributed by atoms with E-state index in [4.69, 9.17) is 0 Å². The van der Waals surface area contributed by atoms with E-state index in [1.807, 2.05) is 9.80 Å². The summed E-state index contributed by atoms with van der Waals surface area (Å²) in [4.78, 5) is 34.4. The highest BCUT2D eigenvalue weighted by Gasteiger charge is 2.27. The Morgan fingerprint density at radius 1 is 1.08 bits per heavy atom. The van der Waals surface area contributed by atoms with Crippen LogP contribution >= 0.6 is 11.8 Å². The fraction of sp³-hybridized carbons (Fsp3) is 0.588. The monoisotopic (exact) mass is 384 g/mol. The topological polar surface area (TPSA) is 56.8 Å². The number of nitrogens with zero attached hydrogens (tertiary/aromatic N) is 4. The summed E-state index contributed by atoms with van der Waals surface area (Å²) in [6, 6.07) is 3.11. The number of aromatic nitrogens is 1. The molecular weight excluding hydrogens is 362 g/mol. The van der Waals surface area contributed by atoms with Crippen molar-refractivity contribution in [2.75, 3.05) is 45.8 Å². The van der Waals surface area contributed by atoms with Crippen LogP contribution < -0.4 is 0 Å². The SMILES string of the molecule is O=C(CN1CCN(C(=O)c2cccnc2SC(F)F)CC1)N1CCCC1. The summed E-state index contributed by atoms with van der Waals surface area (Å²) in [5, 5.41) is 0.0548. The number of hydrogen-bond donors (Lipinski definition) is 0. The lowest BCUT2D eigenvalue weighted by Gasteiger charge is -2.35. The van der Waals surface area contributed by atoms with Crippen LogP contribution in [0.4, 0.5) is 8.78 Å². The molecule has 3 heterocycles. The summed E-state index contributed by atoms with van der Waals surface area (Å²) >= 11 is 0.288. The molecule has 0 spiro atoms. The van der Waals surface area contributed by atoms with Crippen molar-refractivity contribution in [3.63, 3.8) is 0 Å². The third kappa shape index (κ3) is 4.70. The lowest BCUT2D eigenvalue weighted by molar-refractivity contribution is -0.131. The van der Waals surface area contributed by atoms with E-state index in [1.54, 1.807) is 11.0 Å². The first kappa shape index (κ1) is 19.0. The molecule has 2 fully saturated rings. The minimum absolute atomic E-state index is 0.0548. The van der Waals surface area contributed by atoms with Crippen LogP contribution in [0.1, 0.15) is 23.2 Å². The summed E-state index contributed by atoms with van der Waals surface area (Å²) in [5.41, 5.74) is 0.208. The van der Waals surface area contributed by atoms with Gasteiger partial charge in [0.2, 0.25) is 5.91 Å². The molecule has 3 rings (SSSR count). The Hall–Kier alpha value is -1.74.